The minimum absolute atomic E-state index is 0.127. The third-order valence-electron chi connectivity index (χ3n) is 2.19. The van der Waals surface area contributed by atoms with Gasteiger partial charge in [-0.15, -0.1) is 0 Å². The third kappa shape index (κ3) is 5.45. The highest BCUT2D eigenvalue weighted by molar-refractivity contribution is 5.59. The lowest BCUT2D eigenvalue weighted by Gasteiger charge is -2.13. The van der Waals surface area contributed by atoms with Gasteiger partial charge in [-0.25, -0.2) is 0 Å². The number of nitrogen functional groups attached to an aromatic ring is 1. The lowest BCUT2D eigenvalue weighted by atomic mass is 10.2. The Morgan fingerprint density at radius 2 is 2.00 bits per heavy atom. The van der Waals surface area contributed by atoms with Gasteiger partial charge < -0.3 is 20.9 Å². The van der Waals surface area contributed by atoms with Crippen LogP contribution in [0.25, 0.3) is 0 Å². The van der Waals surface area contributed by atoms with E-state index >= 15 is 0 Å². The monoisotopic (exact) mass is 238 g/mol. The number of hydrogen-bond acceptors (Lipinski definition) is 4. The van der Waals surface area contributed by atoms with Crippen LogP contribution in [0.15, 0.2) is 18.2 Å². The Balaban J connectivity index is 2.62. The summed E-state index contributed by atoms with van der Waals surface area (Å²) in [7, 11) is 0. The molecule has 0 saturated carbocycles. The summed E-state index contributed by atoms with van der Waals surface area (Å²) >= 11 is 0. The molecule has 0 fully saturated rings. The van der Waals surface area contributed by atoms with E-state index in [0.29, 0.717) is 18.7 Å². The summed E-state index contributed by atoms with van der Waals surface area (Å²) in [6.45, 7) is 6.43. The second-order valence-electron chi connectivity index (χ2n) is 4.52. The molecule has 0 heterocycles. The van der Waals surface area contributed by atoms with Crippen molar-refractivity contribution in [2.24, 2.45) is 0 Å². The summed E-state index contributed by atoms with van der Waals surface area (Å²) in [5.74, 6) is 0.763. The van der Waals surface area contributed by atoms with E-state index in [2.05, 4.69) is 5.32 Å². The zero-order valence-corrected chi connectivity index (χ0v) is 10.7. The van der Waals surface area contributed by atoms with Crippen LogP contribution in [0.3, 0.4) is 0 Å². The smallest absolute Gasteiger partial charge is 0.123 e. The van der Waals surface area contributed by atoms with Crippen LogP contribution >= 0.6 is 0 Å². The quantitative estimate of drug-likeness (QED) is 0.665. The molecule has 1 rings (SSSR count). The summed E-state index contributed by atoms with van der Waals surface area (Å²) in [5, 5.41) is 12.4. The SMILES string of the molecule is CC(O)CCNc1cc(N)cc(OC(C)C)c1. The molecule has 1 aromatic carbocycles. The summed E-state index contributed by atoms with van der Waals surface area (Å²) in [6, 6.07) is 5.58. The molecule has 4 nitrogen and oxygen atoms in total. The number of rotatable bonds is 6. The van der Waals surface area contributed by atoms with Crippen LogP contribution in [0.4, 0.5) is 11.4 Å². The average Bonchev–Trinajstić information content (AvgIpc) is 2.14. The van der Waals surface area contributed by atoms with Crippen molar-refractivity contribution >= 4 is 11.4 Å². The number of hydrogen-bond donors (Lipinski definition) is 3. The number of nitrogens with one attached hydrogen (secondary N) is 1. The van der Waals surface area contributed by atoms with E-state index in [9.17, 15) is 0 Å². The molecular weight excluding hydrogens is 216 g/mol. The van der Waals surface area contributed by atoms with E-state index in [4.69, 9.17) is 15.6 Å². The molecule has 0 bridgehead atoms. The first-order valence-corrected chi connectivity index (χ1v) is 5.96. The van der Waals surface area contributed by atoms with Gasteiger partial charge in [0.15, 0.2) is 0 Å². The van der Waals surface area contributed by atoms with Crippen LogP contribution in [0.1, 0.15) is 27.2 Å². The standard InChI is InChI=1S/C13H22N2O2/c1-9(2)17-13-7-11(14)6-12(8-13)15-5-4-10(3)16/h6-10,15-16H,4-5,14H2,1-3H3. The Labute approximate surface area is 103 Å². The molecule has 1 unspecified atom stereocenters. The zero-order chi connectivity index (χ0) is 12.8. The summed E-state index contributed by atoms with van der Waals surface area (Å²) in [6.07, 6.45) is 0.534. The Hall–Kier alpha value is -1.42. The van der Waals surface area contributed by atoms with Gasteiger partial charge in [0.25, 0.3) is 0 Å². The number of nitrogens with two attached hydrogens (primary N) is 1. The molecule has 4 heteroatoms. The minimum atomic E-state index is -0.296. The van der Waals surface area contributed by atoms with Gasteiger partial charge in [0.05, 0.1) is 12.2 Å². The molecule has 0 radical (unpaired) electrons. The fourth-order valence-corrected chi connectivity index (χ4v) is 1.49. The molecule has 0 aromatic heterocycles. The number of anilines is 2. The van der Waals surface area contributed by atoms with Gasteiger partial charge in [-0.2, -0.15) is 0 Å². The fraction of sp³-hybridized carbons (Fsp3) is 0.538. The maximum atomic E-state index is 9.17. The molecule has 4 N–H and O–H groups in total. The third-order valence-corrected chi connectivity index (χ3v) is 2.19. The van der Waals surface area contributed by atoms with Crippen LogP contribution in [-0.2, 0) is 0 Å². The first-order valence-electron chi connectivity index (χ1n) is 5.96. The number of aliphatic hydroxyl groups excluding tert-OH is 1. The van der Waals surface area contributed by atoms with Crippen LogP contribution < -0.4 is 15.8 Å². The maximum absolute atomic E-state index is 9.17. The highest BCUT2D eigenvalue weighted by Gasteiger charge is 2.02. The summed E-state index contributed by atoms with van der Waals surface area (Å²) < 4.78 is 5.59. The van der Waals surface area contributed by atoms with Crippen molar-refractivity contribution in [3.8, 4) is 5.75 Å². The minimum Gasteiger partial charge on any atom is -0.491 e. The Kier molecular flexibility index (Phi) is 5.10. The molecule has 96 valence electrons. The normalized spacial score (nSPS) is 12.5. The van der Waals surface area contributed by atoms with Gasteiger partial charge in [-0.1, -0.05) is 0 Å². The molecule has 17 heavy (non-hydrogen) atoms. The highest BCUT2D eigenvalue weighted by atomic mass is 16.5. The van der Waals surface area contributed by atoms with Crippen molar-refractivity contribution in [2.75, 3.05) is 17.6 Å². The number of ether oxygens (including phenoxy) is 1. The lowest BCUT2D eigenvalue weighted by molar-refractivity contribution is 0.189. The predicted molar refractivity (Wildman–Crippen MR) is 71.4 cm³/mol. The van der Waals surface area contributed by atoms with Crippen molar-refractivity contribution in [2.45, 2.75) is 39.4 Å². The second kappa shape index (κ2) is 6.35. The molecule has 0 spiro atoms. The van der Waals surface area contributed by atoms with E-state index in [1.807, 2.05) is 26.0 Å². The van der Waals surface area contributed by atoms with Crippen molar-refractivity contribution in [1.29, 1.82) is 0 Å². The largest absolute Gasteiger partial charge is 0.491 e. The van der Waals surface area contributed by atoms with E-state index in [1.54, 1.807) is 13.0 Å². The fourth-order valence-electron chi connectivity index (χ4n) is 1.49. The van der Waals surface area contributed by atoms with Crippen LogP contribution in [-0.4, -0.2) is 23.9 Å². The zero-order valence-electron chi connectivity index (χ0n) is 10.7. The Morgan fingerprint density at radius 3 is 2.59 bits per heavy atom. The van der Waals surface area contributed by atoms with Gasteiger partial charge in [-0.05, 0) is 33.3 Å². The topological polar surface area (TPSA) is 67.5 Å². The Bertz CT molecular complexity index is 351. The predicted octanol–water partition coefficient (Wildman–Crippen LogP) is 2.24. The second-order valence-corrected chi connectivity index (χ2v) is 4.52. The molecule has 0 amide bonds. The van der Waals surface area contributed by atoms with Crippen LogP contribution in [0.5, 0.6) is 5.75 Å². The Morgan fingerprint density at radius 1 is 1.29 bits per heavy atom. The van der Waals surface area contributed by atoms with Crippen LogP contribution in [0.2, 0.25) is 0 Å². The van der Waals surface area contributed by atoms with Gasteiger partial charge >= 0.3 is 0 Å². The molecule has 0 aliphatic heterocycles. The van der Waals surface area contributed by atoms with E-state index in [0.717, 1.165) is 11.4 Å². The number of aliphatic hydroxyl groups is 1. The van der Waals surface area contributed by atoms with E-state index < -0.39 is 0 Å². The first kappa shape index (κ1) is 13.6. The molecule has 0 saturated heterocycles. The van der Waals surface area contributed by atoms with Gasteiger partial charge in [0, 0.05) is 30.1 Å². The molecule has 1 aromatic rings. The average molecular weight is 238 g/mol. The summed E-state index contributed by atoms with van der Waals surface area (Å²) in [4.78, 5) is 0. The van der Waals surface area contributed by atoms with Crippen LogP contribution in [0, 0.1) is 0 Å². The van der Waals surface area contributed by atoms with Gasteiger partial charge in [0.1, 0.15) is 5.75 Å². The van der Waals surface area contributed by atoms with Crippen molar-refractivity contribution in [3.63, 3.8) is 0 Å². The van der Waals surface area contributed by atoms with Crippen molar-refractivity contribution in [1.82, 2.24) is 0 Å². The van der Waals surface area contributed by atoms with Crippen molar-refractivity contribution < 1.29 is 9.84 Å². The summed E-state index contributed by atoms with van der Waals surface area (Å²) in [5.41, 5.74) is 7.38. The molecule has 1 atom stereocenters. The molecule has 0 aliphatic rings. The lowest BCUT2D eigenvalue weighted by Crippen LogP contribution is -2.10. The van der Waals surface area contributed by atoms with Gasteiger partial charge in [0.2, 0.25) is 0 Å². The van der Waals surface area contributed by atoms with Gasteiger partial charge in [-0.3, -0.25) is 0 Å². The maximum Gasteiger partial charge on any atom is 0.123 e. The molecular formula is C13H22N2O2. The first-order chi connectivity index (χ1) is 7.97. The van der Waals surface area contributed by atoms with Crippen molar-refractivity contribution in [3.05, 3.63) is 18.2 Å². The number of benzene rings is 1. The van der Waals surface area contributed by atoms with E-state index in [1.165, 1.54) is 0 Å². The molecule has 0 aliphatic carbocycles. The highest BCUT2D eigenvalue weighted by Crippen LogP contribution is 2.23. The van der Waals surface area contributed by atoms with E-state index in [-0.39, 0.29) is 12.2 Å².